The summed E-state index contributed by atoms with van der Waals surface area (Å²) in [6.07, 6.45) is -4.32. The van der Waals surface area contributed by atoms with E-state index in [9.17, 15) is 22.8 Å². The normalized spacial score (nSPS) is 15.0. The number of hydrogen-bond donors (Lipinski definition) is 3. The standard InChI is InChI=1S/C21H23F3N4O2/c22-21(23,24)17-6-4-5-16(15-17)20(30)26-25-19(29)9-10-27-11-13-28(14-12-27)18-7-2-1-3-8-18/h1-8,15H,9-14H2,(H,25,29)(H,26,30)/p+1. The van der Waals surface area contributed by atoms with Crippen molar-refractivity contribution >= 4 is 17.5 Å². The first-order valence-corrected chi connectivity index (χ1v) is 9.73. The van der Waals surface area contributed by atoms with Crippen LogP contribution in [-0.4, -0.2) is 44.5 Å². The first kappa shape index (κ1) is 21.6. The fraction of sp³-hybridized carbons (Fsp3) is 0.333. The highest BCUT2D eigenvalue weighted by Gasteiger charge is 2.31. The van der Waals surface area contributed by atoms with Crippen LogP contribution in [0.1, 0.15) is 22.3 Å². The molecule has 0 aliphatic carbocycles. The Kier molecular flexibility index (Phi) is 6.94. The smallest absolute Gasteiger partial charge is 0.360 e. The van der Waals surface area contributed by atoms with E-state index in [0.717, 1.165) is 44.4 Å². The van der Waals surface area contributed by atoms with Gasteiger partial charge in [0.05, 0.1) is 44.7 Å². The van der Waals surface area contributed by atoms with Crippen molar-refractivity contribution in [3.8, 4) is 0 Å². The lowest BCUT2D eigenvalue weighted by molar-refractivity contribution is -0.900. The van der Waals surface area contributed by atoms with Crippen LogP contribution >= 0.6 is 0 Å². The first-order valence-electron chi connectivity index (χ1n) is 9.73. The number of hydrogen-bond acceptors (Lipinski definition) is 3. The highest BCUT2D eigenvalue weighted by atomic mass is 19.4. The van der Waals surface area contributed by atoms with Crippen molar-refractivity contribution in [2.75, 3.05) is 37.6 Å². The van der Waals surface area contributed by atoms with Crippen LogP contribution in [0.4, 0.5) is 18.9 Å². The summed E-state index contributed by atoms with van der Waals surface area (Å²) in [6, 6.07) is 14.2. The fourth-order valence-electron chi connectivity index (χ4n) is 3.36. The topological polar surface area (TPSA) is 65.9 Å². The number of carbonyl (C=O) groups excluding carboxylic acids is 2. The van der Waals surface area contributed by atoms with Gasteiger partial charge in [0.1, 0.15) is 0 Å². The second-order valence-corrected chi connectivity index (χ2v) is 7.15. The van der Waals surface area contributed by atoms with Crippen molar-refractivity contribution in [2.24, 2.45) is 0 Å². The number of nitrogens with one attached hydrogen (secondary N) is 3. The van der Waals surface area contributed by atoms with Crippen molar-refractivity contribution in [3.63, 3.8) is 0 Å². The van der Waals surface area contributed by atoms with Gasteiger partial charge in [0.15, 0.2) is 0 Å². The molecule has 0 unspecified atom stereocenters. The van der Waals surface area contributed by atoms with Crippen LogP contribution in [0.5, 0.6) is 0 Å². The number of nitrogens with zero attached hydrogens (tertiary/aromatic N) is 1. The zero-order chi connectivity index (χ0) is 21.6. The zero-order valence-electron chi connectivity index (χ0n) is 16.3. The summed E-state index contributed by atoms with van der Waals surface area (Å²) in [4.78, 5) is 27.6. The van der Waals surface area contributed by atoms with Crippen LogP contribution in [0.25, 0.3) is 0 Å². The van der Waals surface area contributed by atoms with Gasteiger partial charge >= 0.3 is 6.18 Å². The maximum absolute atomic E-state index is 12.7. The van der Waals surface area contributed by atoms with Gasteiger partial charge in [-0.05, 0) is 30.3 Å². The summed E-state index contributed by atoms with van der Waals surface area (Å²) in [5, 5.41) is 0. The molecule has 3 N–H and O–H groups in total. The molecule has 9 heteroatoms. The largest absolute Gasteiger partial charge is 0.416 e. The van der Waals surface area contributed by atoms with Gasteiger partial charge in [-0.1, -0.05) is 24.3 Å². The summed E-state index contributed by atoms with van der Waals surface area (Å²) in [7, 11) is 0. The van der Waals surface area contributed by atoms with Crippen LogP contribution in [0.2, 0.25) is 0 Å². The molecule has 1 heterocycles. The summed E-state index contributed by atoms with van der Waals surface area (Å²) in [5.41, 5.74) is 4.54. The van der Waals surface area contributed by atoms with E-state index in [1.807, 2.05) is 18.2 Å². The Hall–Kier alpha value is -3.07. The molecule has 6 nitrogen and oxygen atoms in total. The molecule has 2 aromatic carbocycles. The number of halogens is 3. The fourth-order valence-corrected chi connectivity index (χ4v) is 3.36. The van der Waals surface area contributed by atoms with Crippen LogP contribution in [0.15, 0.2) is 54.6 Å². The minimum atomic E-state index is -4.53. The number of alkyl halides is 3. The molecule has 2 amide bonds. The lowest BCUT2D eigenvalue weighted by Crippen LogP contribution is -3.15. The summed E-state index contributed by atoms with van der Waals surface area (Å²) >= 11 is 0. The van der Waals surface area contributed by atoms with Crippen molar-refractivity contribution < 1.29 is 27.7 Å². The predicted octanol–water partition coefficient (Wildman–Crippen LogP) is 1.26. The molecule has 0 spiro atoms. The van der Waals surface area contributed by atoms with Gasteiger partial charge < -0.3 is 9.80 Å². The Bertz CT molecular complexity index is 866. The highest BCUT2D eigenvalue weighted by molar-refractivity contribution is 5.95. The number of quaternary nitrogens is 1. The molecular formula is C21H24F3N4O2+. The SMILES string of the molecule is O=C(CC[NH+]1CCN(c2ccccc2)CC1)NNC(=O)c1cccc(C(F)(F)F)c1. The average molecular weight is 421 g/mol. The minimum absolute atomic E-state index is 0.173. The molecule has 2 aromatic rings. The monoisotopic (exact) mass is 421 g/mol. The Morgan fingerprint density at radius 1 is 0.967 bits per heavy atom. The van der Waals surface area contributed by atoms with Crippen LogP contribution in [-0.2, 0) is 11.0 Å². The van der Waals surface area contributed by atoms with E-state index in [0.29, 0.717) is 6.54 Å². The number of anilines is 1. The number of benzene rings is 2. The Labute approximate surface area is 172 Å². The first-order chi connectivity index (χ1) is 14.3. The molecule has 1 aliphatic heterocycles. The lowest BCUT2D eigenvalue weighted by atomic mass is 10.1. The van der Waals surface area contributed by atoms with Crippen LogP contribution in [0, 0.1) is 0 Å². The van der Waals surface area contributed by atoms with E-state index in [1.54, 1.807) is 0 Å². The number of rotatable bonds is 5. The van der Waals surface area contributed by atoms with Crippen molar-refractivity contribution in [1.82, 2.24) is 10.9 Å². The minimum Gasteiger partial charge on any atom is -0.360 e. The van der Waals surface area contributed by atoms with Gasteiger partial charge in [-0.3, -0.25) is 20.4 Å². The van der Waals surface area contributed by atoms with Gasteiger partial charge in [-0.15, -0.1) is 0 Å². The second kappa shape index (κ2) is 9.62. The maximum Gasteiger partial charge on any atom is 0.416 e. The van der Waals surface area contributed by atoms with Crippen LogP contribution in [0.3, 0.4) is 0 Å². The molecule has 30 heavy (non-hydrogen) atoms. The third-order valence-corrected chi connectivity index (χ3v) is 5.07. The van der Waals surface area contributed by atoms with E-state index in [-0.39, 0.29) is 17.9 Å². The van der Waals surface area contributed by atoms with E-state index in [4.69, 9.17) is 0 Å². The van der Waals surface area contributed by atoms with Gasteiger partial charge in [0, 0.05) is 11.3 Å². The van der Waals surface area contributed by atoms with E-state index < -0.39 is 17.6 Å². The summed E-state index contributed by atoms with van der Waals surface area (Å²) in [5.74, 6) is -1.17. The van der Waals surface area contributed by atoms with Gasteiger partial charge in [-0.2, -0.15) is 13.2 Å². The predicted molar refractivity (Wildman–Crippen MR) is 106 cm³/mol. The van der Waals surface area contributed by atoms with E-state index in [1.165, 1.54) is 16.7 Å². The molecule has 3 rings (SSSR count). The number of para-hydroxylation sites is 1. The van der Waals surface area contributed by atoms with Crippen LogP contribution < -0.4 is 20.7 Å². The molecule has 0 saturated carbocycles. The number of hydrazine groups is 1. The molecule has 0 aromatic heterocycles. The molecule has 1 fully saturated rings. The van der Waals surface area contributed by atoms with Gasteiger partial charge in [-0.25, -0.2) is 0 Å². The summed E-state index contributed by atoms with van der Waals surface area (Å²) < 4.78 is 38.2. The molecule has 1 aliphatic rings. The Morgan fingerprint density at radius 2 is 1.67 bits per heavy atom. The van der Waals surface area contributed by atoms with Gasteiger partial charge in [0.25, 0.3) is 5.91 Å². The number of carbonyl (C=O) groups is 2. The van der Waals surface area contributed by atoms with E-state index in [2.05, 4.69) is 27.9 Å². The van der Waals surface area contributed by atoms with Crippen molar-refractivity contribution in [3.05, 3.63) is 65.7 Å². The lowest BCUT2D eigenvalue weighted by Gasteiger charge is -2.33. The number of piperazine rings is 1. The Morgan fingerprint density at radius 3 is 2.33 bits per heavy atom. The molecule has 0 atom stereocenters. The van der Waals surface area contributed by atoms with Gasteiger partial charge in [0.2, 0.25) is 5.91 Å². The molecule has 160 valence electrons. The molecule has 0 bridgehead atoms. The average Bonchev–Trinajstić information content (AvgIpc) is 2.76. The third-order valence-electron chi connectivity index (χ3n) is 5.07. The molecular weight excluding hydrogens is 397 g/mol. The second-order valence-electron chi connectivity index (χ2n) is 7.15. The van der Waals surface area contributed by atoms with Crippen molar-refractivity contribution in [2.45, 2.75) is 12.6 Å². The Balaban J connectivity index is 1.39. The van der Waals surface area contributed by atoms with E-state index >= 15 is 0 Å². The quantitative estimate of drug-likeness (QED) is 0.637. The zero-order valence-corrected chi connectivity index (χ0v) is 16.3. The highest BCUT2D eigenvalue weighted by Crippen LogP contribution is 2.29. The molecule has 1 saturated heterocycles. The maximum atomic E-state index is 12.7. The molecule has 0 radical (unpaired) electrons. The third kappa shape index (κ3) is 5.96. The number of amides is 2. The summed E-state index contributed by atoms with van der Waals surface area (Å²) in [6.45, 7) is 4.21. The van der Waals surface area contributed by atoms with Crippen molar-refractivity contribution in [1.29, 1.82) is 0 Å².